The number of fused-ring (bicyclic) bond motifs is 1. The molecule has 2 aliphatic rings. The average molecular weight is 543 g/mol. The highest BCUT2D eigenvalue weighted by atomic mass is 32.1. The quantitative estimate of drug-likeness (QED) is 0.333. The molecule has 8 heteroatoms. The van der Waals surface area contributed by atoms with Gasteiger partial charge in [0.2, 0.25) is 0 Å². The van der Waals surface area contributed by atoms with Crippen molar-refractivity contribution in [3.8, 4) is 21.7 Å². The van der Waals surface area contributed by atoms with Crippen LogP contribution in [-0.4, -0.2) is 50.3 Å². The van der Waals surface area contributed by atoms with E-state index in [-0.39, 0.29) is 5.56 Å². The Labute approximate surface area is 232 Å². The number of nitrogens with zero attached hydrogens (tertiary/aromatic N) is 4. The first-order chi connectivity index (χ1) is 18.8. The molecule has 0 spiro atoms. The van der Waals surface area contributed by atoms with Crippen LogP contribution < -0.4 is 5.56 Å². The first-order valence-electron chi connectivity index (χ1n) is 13.7. The topological polar surface area (TPSA) is 79.8 Å². The third-order valence-corrected chi connectivity index (χ3v) is 9.72. The van der Waals surface area contributed by atoms with E-state index in [0.717, 1.165) is 58.3 Å². The fourth-order valence-electron chi connectivity index (χ4n) is 6.19. The van der Waals surface area contributed by atoms with E-state index in [2.05, 4.69) is 30.0 Å². The number of carboxylic acid groups (broad SMARTS) is 1. The van der Waals surface area contributed by atoms with Crippen LogP contribution in [0.1, 0.15) is 54.3 Å². The van der Waals surface area contributed by atoms with Crippen molar-refractivity contribution in [3.05, 3.63) is 75.0 Å². The van der Waals surface area contributed by atoms with Crippen LogP contribution in [0.15, 0.2) is 59.0 Å². The maximum absolute atomic E-state index is 12.4. The summed E-state index contributed by atoms with van der Waals surface area (Å²) in [5.41, 5.74) is 7.00. The summed E-state index contributed by atoms with van der Waals surface area (Å²) in [6.07, 6.45) is 7.47. The van der Waals surface area contributed by atoms with Crippen molar-refractivity contribution < 1.29 is 9.90 Å². The van der Waals surface area contributed by atoms with Gasteiger partial charge in [-0.05, 0) is 60.9 Å². The number of aromatic nitrogens is 3. The number of carboxylic acids is 1. The third-order valence-electron chi connectivity index (χ3n) is 8.55. The zero-order valence-corrected chi connectivity index (χ0v) is 23.5. The van der Waals surface area contributed by atoms with Crippen molar-refractivity contribution in [1.29, 1.82) is 0 Å². The Kier molecular flexibility index (Phi) is 6.77. The summed E-state index contributed by atoms with van der Waals surface area (Å²) in [6, 6.07) is 13.6. The van der Waals surface area contributed by atoms with Crippen LogP contribution in [0.25, 0.3) is 32.9 Å². The lowest BCUT2D eigenvalue weighted by Gasteiger charge is -2.35. The monoisotopic (exact) mass is 542 g/mol. The SMILES string of the molecule is CC1CCC(C2=C(c3cc(-c4ccc(-c5cc6n(C)c(=O)ccn6n5)cc4)sc3C(=O)O)CCN(C)C2)CC1. The van der Waals surface area contributed by atoms with Crippen molar-refractivity contribution in [2.75, 3.05) is 20.1 Å². The fraction of sp³-hybridized carbons (Fsp3) is 0.387. The van der Waals surface area contributed by atoms with Crippen LogP contribution in [0, 0.1) is 11.8 Å². The summed E-state index contributed by atoms with van der Waals surface area (Å²) in [5, 5.41) is 14.8. The van der Waals surface area contributed by atoms with Gasteiger partial charge in [0.1, 0.15) is 10.5 Å². The number of hydrogen-bond acceptors (Lipinski definition) is 5. The van der Waals surface area contributed by atoms with Crippen LogP contribution in [-0.2, 0) is 7.05 Å². The van der Waals surface area contributed by atoms with Gasteiger partial charge in [-0.25, -0.2) is 9.31 Å². The molecule has 1 N–H and O–H groups in total. The van der Waals surface area contributed by atoms with E-state index < -0.39 is 5.97 Å². The van der Waals surface area contributed by atoms with Crippen molar-refractivity contribution >= 4 is 28.5 Å². The minimum Gasteiger partial charge on any atom is -0.477 e. The number of hydrogen-bond donors (Lipinski definition) is 1. The molecular formula is C31H34N4O3S. The number of aryl methyl sites for hydroxylation is 1. The fourth-order valence-corrected chi connectivity index (χ4v) is 7.22. The molecule has 0 bridgehead atoms. The zero-order valence-electron chi connectivity index (χ0n) is 22.7. The Morgan fingerprint density at radius 3 is 2.46 bits per heavy atom. The Morgan fingerprint density at radius 1 is 1.03 bits per heavy atom. The second kappa shape index (κ2) is 10.2. The lowest BCUT2D eigenvalue weighted by atomic mass is 9.75. The predicted molar refractivity (Wildman–Crippen MR) is 156 cm³/mol. The van der Waals surface area contributed by atoms with E-state index >= 15 is 0 Å². The molecule has 1 aromatic carbocycles. The van der Waals surface area contributed by atoms with Gasteiger partial charge in [-0.1, -0.05) is 44.0 Å². The van der Waals surface area contributed by atoms with E-state index in [0.29, 0.717) is 10.8 Å². The second-order valence-electron chi connectivity index (χ2n) is 11.2. The van der Waals surface area contributed by atoms with E-state index in [4.69, 9.17) is 0 Å². The smallest absolute Gasteiger partial charge is 0.346 e. The van der Waals surface area contributed by atoms with E-state index in [1.165, 1.54) is 54.2 Å². The maximum Gasteiger partial charge on any atom is 0.346 e. The highest BCUT2D eigenvalue weighted by Crippen LogP contribution is 2.43. The van der Waals surface area contributed by atoms with Crippen LogP contribution in [0.4, 0.5) is 0 Å². The average Bonchev–Trinajstić information content (AvgIpc) is 3.57. The molecule has 0 radical (unpaired) electrons. The third kappa shape index (κ3) is 4.87. The zero-order chi connectivity index (χ0) is 27.3. The number of likely N-dealkylation sites (N-methyl/N-ethyl adjacent to an activating group) is 1. The van der Waals surface area contributed by atoms with Gasteiger partial charge in [0.05, 0.1) is 5.69 Å². The summed E-state index contributed by atoms with van der Waals surface area (Å²) in [4.78, 5) is 28.2. The number of carbonyl (C=O) groups is 1. The molecule has 4 heterocycles. The predicted octanol–water partition coefficient (Wildman–Crippen LogP) is 6.04. The molecular weight excluding hydrogens is 508 g/mol. The van der Waals surface area contributed by atoms with Crippen LogP contribution >= 0.6 is 11.3 Å². The number of rotatable bonds is 5. The molecule has 202 valence electrons. The summed E-state index contributed by atoms with van der Waals surface area (Å²) in [6.45, 7) is 4.22. The lowest BCUT2D eigenvalue weighted by Crippen LogP contribution is -2.31. The standard InChI is InChI=1S/C31H34N4O3S/c1-19-4-6-20(7-5-19)25-18-33(2)14-12-23(25)24-16-27(39-30(24)31(37)38)22-10-8-21(9-11-22)26-17-28-34(3)29(36)13-15-35(28)32-26/h8-11,13,15-17,19-20H,4-7,12,14,18H2,1-3H3,(H,37,38). The molecule has 0 saturated heterocycles. The van der Waals surface area contributed by atoms with Gasteiger partial charge < -0.3 is 10.0 Å². The van der Waals surface area contributed by atoms with Gasteiger partial charge >= 0.3 is 5.97 Å². The van der Waals surface area contributed by atoms with E-state index in [9.17, 15) is 14.7 Å². The second-order valence-corrected chi connectivity index (χ2v) is 12.3. The van der Waals surface area contributed by atoms with Gasteiger partial charge in [-0.3, -0.25) is 9.36 Å². The Bertz CT molecular complexity index is 1630. The summed E-state index contributed by atoms with van der Waals surface area (Å²) < 4.78 is 3.28. The van der Waals surface area contributed by atoms with Crippen LogP contribution in [0.3, 0.4) is 0 Å². The minimum atomic E-state index is -0.851. The summed E-state index contributed by atoms with van der Waals surface area (Å²) in [5.74, 6) is 0.480. The molecule has 0 amide bonds. The molecule has 1 fully saturated rings. The van der Waals surface area contributed by atoms with Crippen LogP contribution in [0.5, 0.6) is 0 Å². The molecule has 7 nitrogen and oxygen atoms in total. The molecule has 3 aromatic heterocycles. The first-order valence-corrected chi connectivity index (χ1v) is 14.5. The van der Waals surface area contributed by atoms with Crippen molar-refractivity contribution in [2.24, 2.45) is 18.9 Å². The highest BCUT2D eigenvalue weighted by molar-refractivity contribution is 7.17. The van der Waals surface area contributed by atoms with Gasteiger partial charge in [-0.2, -0.15) is 5.10 Å². The molecule has 1 aliphatic heterocycles. The molecule has 1 saturated carbocycles. The first kappa shape index (κ1) is 25.8. The Balaban J connectivity index is 1.36. The maximum atomic E-state index is 12.4. The normalized spacial score (nSPS) is 20.6. The van der Waals surface area contributed by atoms with Gasteiger partial charge in [0.25, 0.3) is 5.56 Å². The minimum absolute atomic E-state index is 0.0760. The molecule has 0 atom stereocenters. The van der Waals surface area contributed by atoms with Crippen LogP contribution in [0.2, 0.25) is 0 Å². The molecule has 0 unspecified atom stereocenters. The summed E-state index contributed by atoms with van der Waals surface area (Å²) >= 11 is 1.37. The largest absolute Gasteiger partial charge is 0.477 e. The highest BCUT2D eigenvalue weighted by Gasteiger charge is 2.30. The molecule has 4 aromatic rings. The van der Waals surface area contributed by atoms with Crippen molar-refractivity contribution in [2.45, 2.75) is 39.0 Å². The number of thiophene rings is 1. The number of benzene rings is 1. The van der Waals surface area contributed by atoms with E-state index in [1.807, 2.05) is 30.3 Å². The molecule has 39 heavy (non-hydrogen) atoms. The molecule has 6 rings (SSSR count). The van der Waals surface area contributed by atoms with Crippen molar-refractivity contribution in [3.63, 3.8) is 0 Å². The number of aromatic carboxylic acids is 1. The Hall–Kier alpha value is -3.49. The molecule has 1 aliphatic carbocycles. The summed E-state index contributed by atoms with van der Waals surface area (Å²) in [7, 11) is 3.91. The Morgan fingerprint density at radius 2 is 1.74 bits per heavy atom. The lowest BCUT2D eigenvalue weighted by molar-refractivity contribution is 0.0702. The van der Waals surface area contributed by atoms with Crippen molar-refractivity contribution in [1.82, 2.24) is 19.1 Å². The van der Waals surface area contributed by atoms with Gasteiger partial charge in [0, 0.05) is 54.5 Å². The van der Waals surface area contributed by atoms with E-state index in [1.54, 1.807) is 22.3 Å². The van der Waals surface area contributed by atoms with Gasteiger partial charge in [-0.15, -0.1) is 11.3 Å². The van der Waals surface area contributed by atoms with Gasteiger partial charge in [0.15, 0.2) is 0 Å².